The molecule has 0 spiro atoms. The summed E-state index contributed by atoms with van der Waals surface area (Å²) in [6, 6.07) is 4.71. The summed E-state index contributed by atoms with van der Waals surface area (Å²) in [5, 5.41) is 3.17. The molecule has 0 aliphatic heterocycles. The van der Waals surface area contributed by atoms with E-state index in [4.69, 9.17) is 16.3 Å². The summed E-state index contributed by atoms with van der Waals surface area (Å²) in [6.45, 7) is 0.367. The van der Waals surface area contributed by atoms with Gasteiger partial charge < -0.3 is 10.1 Å². The van der Waals surface area contributed by atoms with Crippen molar-refractivity contribution in [2.45, 2.75) is 0 Å². The van der Waals surface area contributed by atoms with E-state index in [0.29, 0.717) is 5.02 Å². The van der Waals surface area contributed by atoms with Crippen LogP contribution in [-0.4, -0.2) is 38.6 Å². The first-order chi connectivity index (χ1) is 12.5. The van der Waals surface area contributed by atoms with Crippen LogP contribution in [0.15, 0.2) is 40.2 Å². The van der Waals surface area contributed by atoms with E-state index in [1.807, 2.05) is 0 Å². The maximum absolute atomic E-state index is 12.2. The van der Waals surface area contributed by atoms with E-state index in [9.17, 15) is 14.4 Å². The van der Waals surface area contributed by atoms with Crippen molar-refractivity contribution < 1.29 is 9.53 Å². The number of pyridine rings is 2. The van der Waals surface area contributed by atoms with E-state index in [0.717, 1.165) is 0 Å². The smallest absolute Gasteiger partial charge is 0.329 e. The summed E-state index contributed by atoms with van der Waals surface area (Å²) >= 11 is 5.92. The molecule has 3 aromatic rings. The lowest BCUT2D eigenvalue weighted by Gasteiger charge is -2.08. The fraction of sp³-hybridized carbons (Fsp3) is 0.188. The summed E-state index contributed by atoms with van der Waals surface area (Å²) in [6.07, 6.45) is 2.85. The molecule has 0 atom stereocenters. The Kier molecular flexibility index (Phi) is 4.99. The number of rotatable bonds is 5. The van der Waals surface area contributed by atoms with Gasteiger partial charge in [-0.05, 0) is 18.2 Å². The summed E-state index contributed by atoms with van der Waals surface area (Å²) in [7, 11) is 1.48. The number of ether oxygens (including phenoxy) is 1. The molecular formula is C16H14ClN5O4. The second kappa shape index (κ2) is 7.36. The Hall–Kier alpha value is -3.20. The van der Waals surface area contributed by atoms with Crippen molar-refractivity contribution in [2.24, 2.45) is 7.05 Å². The second-order valence-electron chi connectivity index (χ2n) is 5.31. The van der Waals surface area contributed by atoms with E-state index in [2.05, 4.69) is 20.3 Å². The zero-order chi connectivity index (χ0) is 18.7. The normalized spacial score (nSPS) is 10.7. The summed E-state index contributed by atoms with van der Waals surface area (Å²) in [4.78, 5) is 45.8. The molecule has 0 bridgehead atoms. The van der Waals surface area contributed by atoms with Crippen molar-refractivity contribution in [3.05, 3.63) is 62.0 Å². The summed E-state index contributed by atoms with van der Waals surface area (Å²) < 4.78 is 6.57. The minimum atomic E-state index is -0.599. The van der Waals surface area contributed by atoms with E-state index in [1.165, 1.54) is 23.9 Å². The fourth-order valence-corrected chi connectivity index (χ4v) is 2.43. The quantitative estimate of drug-likeness (QED) is 0.626. The van der Waals surface area contributed by atoms with Gasteiger partial charge in [-0.1, -0.05) is 11.6 Å². The van der Waals surface area contributed by atoms with Crippen LogP contribution in [-0.2, 0) is 7.05 Å². The Labute approximate surface area is 151 Å². The van der Waals surface area contributed by atoms with Gasteiger partial charge >= 0.3 is 5.69 Å². The highest BCUT2D eigenvalue weighted by Gasteiger charge is 2.11. The van der Waals surface area contributed by atoms with Gasteiger partial charge in [-0.15, -0.1) is 0 Å². The van der Waals surface area contributed by atoms with Gasteiger partial charge in [-0.2, -0.15) is 0 Å². The number of nitrogens with zero attached hydrogens (tertiary/aromatic N) is 3. The lowest BCUT2D eigenvalue weighted by atomic mass is 10.2. The highest BCUT2D eigenvalue weighted by atomic mass is 35.5. The predicted octanol–water partition coefficient (Wildman–Crippen LogP) is 0.479. The first-order valence-corrected chi connectivity index (χ1v) is 7.96. The lowest BCUT2D eigenvalue weighted by Crippen LogP contribution is -2.30. The fourth-order valence-electron chi connectivity index (χ4n) is 2.25. The number of hydrogen-bond acceptors (Lipinski definition) is 6. The number of H-pyrrole nitrogens is 1. The first-order valence-electron chi connectivity index (χ1n) is 7.58. The number of nitrogens with one attached hydrogen (secondary N) is 2. The molecule has 0 aromatic carbocycles. The second-order valence-corrected chi connectivity index (χ2v) is 5.72. The van der Waals surface area contributed by atoms with Crippen LogP contribution in [0.3, 0.4) is 0 Å². The van der Waals surface area contributed by atoms with Gasteiger partial charge in [-0.3, -0.25) is 19.1 Å². The summed E-state index contributed by atoms with van der Waals surface area (Å²) in [5.74, 6) is -0.147. The van der Waals surface area contributed by atoms with Gasteiger partial charge in [-0.25, -0.2) is 14.8 Å². The zero-order valence-corrected chi connectivity index (χ0v) is 14.4. The maximum Gasteiger partial charge on any atom is 0.329 e. The van der Waals surface area contributed by atoms with E-state index >= 15 is 0 Å². The van der Waals surface area contributed by atoms with Crippen LogP contribution < -0.4 is 21.3 Å². The number of halogens is 1. The number of aromatic amines is 1. The molecule has 0 aliphatic carbocycles. The van der Waals surface area contributed by atoms with Crippen molar-refractivity contribution in [3.8, 4) is 5.88 Å². The molecule has 0 unspecified atom stereocenters. The van der Waals surface area contributed by atoms with Gasteiger partial charge in [0, 0.05) is 19.4 Å². The monoisotopic (exact) mass is 375 g/mol. The van der Waals surface area contributed by atoms with Crippen molar-refractivity contribution in [1.82, 2.24) is 24.8 Å². The third-order valence-electron chi connectivity index (χ3n) is 3.57. The molecule has 0 saturated heterocycles. The van der Waals surface area contributed by atoms with Crippen molar-refractivity contribution in [1.29, 1.82) is 0 Å². The van der Waals surface area contributed by atoms with Crippen LogP contribution in [0.2, 0.25) is 5.02 Å². The molecule has 3 rings (SSSR count). The van der Waals surface area contributed by atoms with E-state index < -0.39 is 17.2 Å². The molecule has 9 nitrogen and oxygen atoms in total. The molecule has 1 amide bonds. The largest absolute Gasteiger partial charge is 0.475 e. The Morgan fingerprint density at radius 1 is 1.38 bits per heavy atom. The molecule has 0 saturated carbocycles. The lowest BCUT2D eigenvalue weighted by molar-refractivity contribution is 0.0946. The van der Waals surface area contributed by atoms with E-state index in [-0.39, 0.29) is 35.6 Å². The average molecular weight is 376 g/mol. The van der Waals surface area contributed by atoms with Gasteiger partial charge in [0.25, 0.3) is 11.5 Å². The van der Waals surface area contributed by atoms with Crippen molar-refractivity contribution >= 4 is 28.5 Å². The zero-order valence-electron chi connectivity index (χ0n) is 13.7. The molecular weight excluding hydrogens is 362 g/mol. The molecule has 3 aromatic heterocycles. The van der Waals surface area contributed by atoms with Gasteiger partial charge in [0.05, 0.1) is 17.5 Å². The number of amides is 1. The first kappa shape index (κ1) is 17.6. The Morgan fingerprint density at radius 3 is 2.96 bits per heavy atom. The SMILES string of the molecule is Cn1c(=O)[nH]c(=O)c2cc(C(=O)NCCOc3ncccc3Cl)cnc21. The third-order valence-corrected chi connectivity index (χ3v) is 3.86. The number of hydrogen-bond donors (Lipinski definition) is 2. The molecule has 0 radical (unpaired) electrons. The van der Waals surface area contributed by atoms with Crippen LogP contribution in [0.25, 0.3) is 11.0 Å². The van der Waals surface area contributed by atoms with E-state index in [1.54, 1.807) is 18.3 Å². The molecule has 0 fully saturated rings. The maximum atomic E-state index is 12.2. The number of aromatic nitrogens is 4. The number of aryl methyl sites for hydroxylation is 1. The standard InChI is InChI=1S/C16H14ClN5O4/c1-22-12-10(14(24)21-16(22)25)7-9(8-20-12)13(23)18-5-6-26-15-11(17)3-2-4-19-15/h2-4,7-8H,5-6H2,1H3,(H,18,23)(H,21,24,25). The van der Waals surface area contributed by atoms with Gasteiger partial charge in [0.15, 0.2) is 0 Å². The Morgan fingerprint density at radius 2 is 2.19 bits per heavy atom. The van der Waals surface area contributed by atoms with Crippen LogP contribution in [0, 0.1) is 0 Å². The van der Waals surface area contributed by atoms with Crippen molar-refractivity contribution in [2.75, 3.05) is 13.2 Å². The minimum absolute atomic E-state index is 0.149. The summed E-state index contributed by atoms with van der Waals surface area (Å²) in [5.41, 5.74) is -0.781. The van der Waals surface area contributed by atoms with Crippen molar-refractivity contribution in [3.63, 3.8) is 0 Å². The average Bonchev–Trinajstić information content (AvgIpc) is 2.64. The molecule has 10 heteroatoms. The van der Waals surface area contributed by atoms with Crippen LogP contribution >= 0.6 is 11.6 Å². The Balaban J connectivity index is 1.68. The highest BCUT2D eigenvalue weighted by Crippen LogP contribution is 2.19. The van der Waals surface area contributed by atoms with Crippen LogP contribution in [0.5, 0.6) is 5.88 Å². The predicted molar refractivity (Wildman–Crippen MR) is 94.7 cm³/mol. The van der Waals surface area contributed by atoms with Gasteiger partial charge in [0.2, 0.25) is 5.88 Å². The van der Waals surface area contributed by atoms with Crippen LogP contribution in [0.1, 0.15) is 10.4 Å². The molecule has 3 heterocycles. The van der Waals surface area contributed by atoms with Crippen LogP contribution in [0.4, 0.5) is 0 Å². The topological polar surface area (TPSA) is 119 Å². The van der Waals surface area contributed by atoms with Gasteiger partial charge in [0.1, 0.15) is 17.3 Å². The Bertz CT molecular complexity index is 1090. The highest BCUT2D eigenvalue weighted by molar-refractivity contribution is 6.31. The number of carbonyl (C=O) groups is 1. The molecule has 0 aliphatic rings. The molecule has 26 heavy (non-hydrogen) atoms. The molecule has 2 N–H and O–H groups in total. The third kappa shape index (κ3) is 3.57. The minimum Gasteiger partial charge on any atom is -0.475 e. The number of fused-ring (bicyclic) bond motifs is 1. The molecule has 134 valence electrons. The number of carbonyl (C=O) groups excluding carboxylic acids is 1.